The highest BCUT2D eigenvalue weighted by Crippen LogP contribution is 2.36. The Kier molecular flexibility index (Phi) is 10.5. The molecule has 8 nitrogen and oxygen atoms in total. The van der Waals surface area contributed by atoms with Crippen LogP contribution in [0.1, 0.15) is 34.3 Å². The Morgan fingerprint density at radius 1 is 0.766 bits per heavy atom. The van der Waals surface area contributed by atoms with Gasteiger partial charge < -0.3 is 20.5 Å². The van der Waals surface area contributed by atoms with Crippen molar-refractivity contribution in [3.05, 3.63) is 113 Å². The smallest absolute Gasteiger partial charge is 0.421 e. The van der Waals surface area contributed by atoms with E-state index in [-0.39, 0.29) is 24.7 Å². The molecule has 47 heavy (non-hydrogen) atoms. The number of nitrogens with zero attached hydrogens (tertiary/aromatic N) is 3. The number of benzene rings is 1. The summed E-state index contributed by atoms with van der Waals surface area (Å²) in [5, 5.41) is 16.9. The summed E-state index contributed by atoms with van der Waals surface area (Å²) in [6.07, 6.45) is -12.6. The van der Waals surface area contributed by atoms with Gasteiger partial charge in [-0.2, -0.15) is 39.5 Å². The van der Waals surface area contributed by atoms with E-state index < -0.39 is 65.4 Å². The minimum Gasteiger partial charge on any atom is -0.421 e. The van der Waals surface area contributed by atoms with Gasteiger partial charge in [-0.25, -0.2) is 9.78 Å². The lowest BCUT2D eigenvalue weighted by atomic mass is 10.0. The number of rotatable bonds is 11. The molecular formula is C30H24F9N5O3. The van der Waals surface area contributed by atoms with Crippen molar-refractivity contribution in [3.8, 4) is 11.3 Å². The van der Waals surface area contributed by atoms with Crippen molar-refractivity contribution in [1.82, 2.24) is 25.6 Å². The van der Waals surface area contributed by atoms with E-state index in [2.05, 4.69) is 30.3 Å². The molecule has 4 rings (SSSR count). The highest BCUT2D eigenvalue weighted by atomic mass is 19.4. The molecule has 0 aliphatic rings. The van der Waals surface area contributed by atoms with Crippen molar-refractivity contribution < 1.29 is 54.2 Å². The van der Waals surface area contributed by atoms with E-state index in [0.29, 0.717) is 29.6 Å². The number of nitrogens with one attached hydrogen (secondary N) is 2. The monoisotopic (exact) mass is 673 g/mol. The van der Waals surface area contributed by atoms with Gasteiger partial charge in [-0.05, 0) is 48.5 Å². The van der Waals surface area contributed by atoms with Crippen LogP contribution in [-0.2, 0) is 27.7 Å². The SMILES string of the molecule is O=C(O[C@@](O)(CNCCNC(c1ccccn1)c1ccccn1)c1cc(-c2ccc(C(F)(F)F)cc2)nc(C(F)(F)F)c1)C(F)(F)F. The number of ether oxygens (including phenoxy) is 1. The molecule has 3 N–H and O–H groups in total. The van der Waals surface area contributed by atoms with Crippen molar-refractivity contribution in [1.29, 1.82) is 0 Å². The van der Waals surface area contributed by atoms with Gasteiger partial charge in [0.2, 0.25) is 0 Å². The first-order chi connectivity index (χ1) is 22.0. The molecule has 1 atom stereocenters. The van der Waals surface area contributed by atoms with E-state index in [1.807, 2.05) is 0 Å². The standard InChI is InChI=1S/C30H24F9N5O3/c31-28(32,33)19-9-7-18(8-10-19)23-15-20(16-24(44-23)29(34,35)36)27(46,47-26(45)30(37,38)39)17-40-13-14-43-25(21-5-1-3-11-41-21)22-6-2-4-12-42-22/h1-12,15-16,25,40,43,46H,13-14,17H2/t27-/m0/s1. The van der Waals surface area contributed by atoms with Crippen LogP contribution in [-0.4, -0.2) is 51.8 Å². The molecule has 0 fully saturated rings. The van der Waals surface area contributed by atoms with Gasteiger partial charge >= 0.3 is 24.5 Å². The lowest BCUT2D eigenvalue weighted by Gasteiger charge is -2.30. The number of hydrogen-bond donors (Lipinski definition) is 3. The average Bonchev–Trinajstić information content (AvgIpc) is 3.02. The second kappa shape index (κ2) is 14.0. The number of esters is 1. The Labute approximate surface area is 260 Å². The molecule has 17 heteroatoms. The largest absolute Gasteiger partial charge is 0.491 e. The Hall–Kier alpha value is -4.61. The molecule has 0 spiro atoms. The number of halogens is 9. The summed E-state index contributed by atoms with van der Waals surface area (Å²) in [5.74, 6) is -6.26. The molecule has 0 bridgehead atoms. The zero-order valence-electron chi connectivity index (χ0n) is 23.8. The first-order valence-corrected chi connectivity index (χ1v) is 13.5. The third-order valence-electron chi connectivity index (χ3n) is 6.55. The normalized spacial score (nSPS) is 13.8. The summed E-state index contributed by atoms with van der Waals surface area (Å²) in [5.41, 5.74) is -3.67. The van der Waals surface area contributed by atoms with Gasteiger partial charge in [0.25, 0.3) is 5.79 Å². The number of aromatic nitrogens is 3. The molecule has 0 aliphatic heterocycles. The lowest BCUT2D eigenvalue weighted by molar-refractivity contribution is -0.251. The number of hydrogen-bond acceptors (Lipinski definition) is 8. The zero-order chi connectivity index (χ0) is 34.5. The molecule has 0 saturated heterocycles. The van der Waals surface area contributed by atoms with E-state index in [1.165, 1.54) is 0 Å². The van der Waals surface area contributed by atoms with Gasteiger partial charge in [-0.15, -0.1) is 0 Å². The summed E-state index contributed by atoms with van der Waals surface area (Å²) < 4.78 is 124. The van der Waals surface area contributed by atoms with E-state index in [4.69, 9.17) is 0 Å². The average molecular weight is 674 g/mol. The van der Waals surface area contributed by atoms with Crippen molar-refractivity contribution >= 4 is 5.97 Å². The maximum absolute atomic E-state index is 13.8. The molecule has 0 amide bonds. The van der Waals surface area contributed by atoms with E-state index in [1.54, 1.807) is 48.8 Å². The highest BCUT2D eigenvalue weighted by molar-refractivity contribution is 5.76. The molecule has 0 unspecified atom stereocenters. The summed E-state index contributed by atoms with van der Waals surface area (Å²) in [4.78, 5) is 23.8. The highest BCUT2D eigenvalue weighted by Gasteiger charge is 2.47. The van der Waals surface area contributed by atoms with Gasteiger partial charge in [-0.1, -0.05) is 24.3 Å². The number of alkyl halides is 9. The maximum Gasteiger partial charge on any atom is 0.491 e. The lowest BCUT2D eigenvalue weighted by Crippen LogP contribution is -2.46. The van der Waals surface area contributed by atoms with Gasteiger partial charge in [0.15, 0.2) is 0 Å². The van der Waals surface area contributed by atoms with Crippen LogP contribution in [0.5, 0.6) is 0 Å². The number of pyridine rings is 3. The molecule has 3 heterocycles. The fourth-order valence-electron chi connectivity index (χ4n) is 4.30. The van der Waals surface area contributed by atoms with Crippen LogP contribution >= 0.6 is 0 Å². The van der Waals surface area contributed by atoms with Crippen molar-refractivity contribution in [2.24, 2.45) is 0 Å². The van der Waals surface area contributed by atoms with E-state index >= 15 is 0 Å². The molecule has 4 aromatic rings. The first kappa shape index (κ1) is 35.2. The number of carbonyl (C=O) groups is 1. The van der Waals surface area contributed by atoms with E-state index in [9.17, 15) is 49.4 Å². The zero-order valence-corrected chi connectivity index (χ0v) is 23.8. The second-order valence-electron chi connectivity index (χ2n) is 9.94. The maximum atomic E-state index is 13.8. The van der Waals surface area contributed by atoms with Gasteiger partial charge in [0.1, 0.15) is 5.69 Å². The van der Waals surface area contributed by atoms with Gasteiger partial charge in [-0.3, -0.25) is 9.97 Å². The quantitative estimate of drug-likeness (QED) is 0.0795. The van der Waals surface area contributed by atoms with Crippen molar-refractivity contribution in [2.45, 2.75) is 30.4 Å². The molecule has 0 radical (unpaired) electrons. The predicted octanol–water partition coefficient (Wildman–Crippen LogP) is 5.80. The Morgan fingerprint density at radius 2 is 1.36 bits per heavy atom. The minimum absolute atomic E-state index is 0.0437. The molecule has 250 valence electrons. The fraction of sp³-hybridized carbons (Fsp3) is 0.267. The third-order valence-corrected chi connectivity index (χ3v) is 6.55. The summed E-state index contributed by atoms with van der Waals surface area (Å²) in [6, 6.07) is 13.3. The number of carbonyl (C=O) groups excluding carboxylic acids is 1. The molecule has 3 aromatic heterocycles. The third kappa shape index (κ3) is 9.24. The Bertz CT molecular complexity index is 1600. The molecular weight excluding hydrogens is 649 g/mol. The van der Waals surface area contributed by atoms with Crippen LogP contribution in [0.2, 0.25) is 0 Å². The van der Waals surface area contributed by atoms with Crippen LogP contribution in [0, 0.1) is 0 Å². The summed E-state index contributed by atoms with van der Waals surface area (Å²) in [7, 11) is 0. The topological polar surface area (TPSA) is 109 Å². The van der Waals surface area contributed by atoms with Crippen molar-refractivity contribution in [3.63, 3.8) is 0 Å². The summed E-state index contributed by atoms with van der Waals surface area (Å²) >= 11 is 0. The van der Waals surface area contributed by atoms with Gasteiger partial charge in [0.05, 0.1) is 35.2 Å². The first-order valence-electron chi connectivity index (χ1n) is 13.5. The Morgan fingerprint density at radius 3 is 1.85 bits per heavy atom. The fourth-order valence-corrected chi connectivity index (χ4v) is 4.30. The van der Waals surface area contributed by atoms with Crippen LogP contribution in [0.3, 0.4) is 0 Å². The van der Waals surface area contributed by atoms with Crippen LogP contribution in [0.4, 0.5) is 39.5 Å². The van der Waals surface area contributed by atoms with E-state index in [0.717, 1.165) is 12.1 Å². The second-order valence-corrected chi connectivity index (χ2v) is 9.94. The number of aliphatic hydroxyl groups is 1. The minimum atomic E-state index is -5.65. The molecule has 0 saturated carbocycles. The van der Waals surface area contributed by atoms with Crippen molar-refractivity contribution in [2.75, 3.05) is 19.6 Å². The summed E-state index contributed by atoms with van der Waals surface area (Å²) in [6.45, 7) is -1.13. The Balaban J connectivity index is 1.62. The molecule has 1 aromatic carbocycles. The van der Waals surface area contributed by atoms with Crippen LogP contribution < -0.4 is 10.6 Å². The molecule has 0 aliphatic carbocycles. The predicted molar refractivity (Wildman–Crippen MR) is 147 cm³/mol. The van der Waals surface area contributed by atoms with Crippen LogP contribution in [0.25, 0.3) is 11.3 Å². The van der Waals surface area contributed by atoms with Gasteiger partial charge in [0, 0.05) is 36.6 Å². The van der Waals surface area contributed by atoms with Crippen LogP contribution in [0.15, 0.2) is 85.2 Å².